The number of carbonyl (C=O) groups is 2. The van der Waals surface area contributed by atoms with Gasteiger partial charge in [-0.05, 0) is 19.1 Å². The van der Waals surface area contributed by atoms with Crippen LogP contribution in [0.25, 0.3) is 0 Å². The molecule has 0 unspecified atom stereocenters. The first kappa shape index (κ1) is 14.8. The first-order valence-electron chi connectivity index (χ1n) is 6.65. The molecular formula is C17H17NO3. The van der Waals surface area contributed by atoms with E-state index in [0.717, 1.165) is 5.56 Å². The maximum absolute atomic E-state index is 12.0. The van der Waals surface area contributed by atoms with Crippen LogP contribution in [-0.2, 0) is 4.74 Å². The molecule has 4 heteroatoms. The van der Waals surface area contributed by atoms with E-state index in [1.807, 2.05) is 25.1 Å². The predicted molar refractivity (Wildman–Crippen MR) is 81.8 cm³/mol. The molecule has 0 aliphatic heterocycles. The number of hydrogen-bond acceptors (Lipinski definition) is 4. The molecule has 0 radical (unpaired) electrons. The molecule has 0 aliphatic rings. The third-order valence-electron chi connectivity index (χ3n) is 3.12. The Labute approximate surface area is 123 Å². The Hall–Kier alpha value is -2.62. The highest BCUT2D eigenvalue weighted by Gasteiger charge is 2.14. The Balaban J connectivity index is 2.01. The molecule has 0 spiro atoms. The number of ketones is 1. The van der Waals surface area contributed by atoms with Crippen LogP contribution in [0.3, 0.4) is 0 Å². The van der Waals surface area contributed by atoms with Gasteiger partial charge in [-0.3, -0.25) is 4.79 Å². The number of nitrogens with one attached hydrogen (secondary N) is 1. The van der Waals surface area contributed by atoms with Crippen molar-refractivity contribution in [3.63, 3.8) is 0 Å². The second-order valence-electron chi connectivity index (χ2n) is 4.66. The minimum atomic E-state index is -0.514. The molecule has 1 N–H and O–H groups in total. The zero-order chi connectivity index (χ0) is 15.2. The van der Waals surface area contributed by atoms with E-state index in [1.54, 1.807) is 37.4 Å². The highest BCUT2D eigenvalue weighted by Crippen LogP contribution is 2.15. The average Bonchev–Trinajstić information content (AvgIpc) is 2.52. The van der Waals surface area contributed by atoms with Gasteiger partial charge in [0.2, 0.25) is 0 Å². The lowest BCUT2D eigenvalue weighted by atomic mass is 10.1. The number of ether oxygens (including phenoxy) is 1. The van der Waals surface area contributed by atoms with Gasteiger partial charge in [0.05, 0.1) is 5.56 Å². The quantitative estimate of drug-likeness (QED) is 0.677. The molecule has 2 aromatic carbocycles. The summed E-state index contributed by atoms with van der Waals surface area (Å²) in [5, 5.41) is 2.92. The lowest BCUT2D eigenvalue weighted by Gasteiger charge is -2.08. The molecule has 0 amide bonds. The Morgan fingerprint density at radius 2 is 1.71 bits per heavy atom. The summed E-state index contributed by atoms with van der Waals surface area (Å²) in [6.45, 7) is 1.68. The van der Waals surface area contributed by atoms with Crippen molar-refractivity contribution in [3.05, 3.63) is 65.2 Å². The first-order chi connectivity index (χ1) is 10.1. The van der Waals surface area contributed by atoms with Crippen LogP contribution in [0.5, 0.6) is 0 Å². The van der Waals surface area contributed by atoms with Crippen LogP contribution in [0.2, 0.25) is 0 Å². The van der Waals surface area contributed by atoms with E-state index < -0.39 is 5.97 Å². The fourth-order valence-corrected chi connectivity index (χ4v) is 1.91. The van der Waals surface area contributed by atoms with E-state index >= 15 is 0 Å². The van der Waals surface area contributed by atoms with Crippen molar-refractivity contribution in [1.29, 1.82) is 0 Å². The summed E-state index contributed by atoms with van der Waals surface area (Å²) in [4.78, 5) is 24.0. The highest BCUT2D eigenvalue weighted by atomic mass is 16.5. The minimum Gasteiger partial charge on any atom is -0.454 e. The summed E-state index contributed by atoms with van der Waals surface area (Å²) < 4.78 is 5.09. The number of carbonyl (C=O) groups excluding carboxylic acids is 2. The summed E-state index contributed by atoms with van der Waals surface area (Å²) in [5.74, 6) is -0.731. The van der Waals surface area contributed by atoms with E-state index in [-0.39, 0.29) is 12.4 Å². The standard InChI is InChI=1S/C17H17NO3/c1-12-7-9-13(10-8-12)16(19)11-21-17(20)14-5-3-4-6-15(14)18-2/h3-10,18H,11H2,1-2H3. The number of rotatable bonds is 5. The smallest absolute Gasteiger partial charge is 0.340 e. The number of para-hydroxylation sites is 1. The monoisotopic (exact) mass is 283 g/mol. The zero-order valence-corrected chi connectivity index (χ0v) is 12.1. The number of hydrogen-bond donors (Lipinski definition) is 1. The summed E-state index contributed by atoms with van der Waals surface area (Å²) in [5.41, 5.74) is 2.70. The number of Topliss-reactive ketones (excluding diaryl/α,β-unsaturated/α-hetero) is 1. The van der Waals surface area contributed by atoms with Crippen molar-refractivity contribution in [3.8, 4) is 0 Å². The molecule has 0 aliphatic carbocycles. The van der Waals surface area contributed by atoms with Gasteiger partial charge in [-0.25, -0.2) is 4.79 Å². The molecule has 0 heterocycles. The van der Waals surface area contributed by atoms with Crippen LogP contribution in [0.4, 0.5) is 5.69 Å². The third-order valence-corrected chi connectivity index (χ3v) is 3.12. The molecule has 4 nitrogen and oxygen atoms in total. The fraction of sp³-hybridized carbons (Fsp3) is 0.176. The van der Waals surface area contributed by atoms with Gasteiger partial charge < -0.3 is 10.1 Å². The molecule has 0 bridgehead atoms. The van der Waals surface area contributed by atoms with Gasteiger partial charge in [0.1, 0.15) is 0 Å². The first-order valence-corrected chi connectivity index (χ1v) is 6.65. The van der Waals surface area contributed by atoms with E-state index in [4.69, 9.17) is 4.74 Å². The SMILES string of the molecule is CNc1ccccc1C(=O)OCC(=O)c1ccc(C)cc1. The van der Waals surface area contributed by atoms with Gasteiger partial charge in [-0.1, -0.05) is 42.0 Å². The summed E-state index contributed by atoms with van der Waals surface area (Å²) in [7, 11) is 1.73. The molecule has 21 heavy (non-hydrogen) atoms. The second kappa shape index (κ2) is 6.70. The average molecular weight is 283 g/mol. The van der Waals surface area contributed by atoms with Crippen molar-refractivity contribution in [1.82, 2.24) is 0 Å². The van der Waals surface area contributed by atoms with Crippen molar-refractivity contribution in [2.75, 3.05) is 19.0 Å². The van der Waals surface area contributed by atoms with Crippen LogP contribution >= 0.6 is 0 Å². The molecule has 0 fully saturated rings. The van der Waals surface area contributed by atoms with Gasteiger partial charge in [0.15, 0.2) is 12.4 Å². The number of aryl methyl sites for hydroxylation is 1. The summed E-state index contributed by atoms with van der Waals surface area (Å²) in [6.07, 6.45) is 0. The van der Waals surface area contributed by atoms with E-state index in [2.05, 4.69) is 5.32 Å². The highest BCUT2D eigenvalue weighted by molar-refractivity contribution is 6.00. The van der Waals surface area contributed by atoms with Crippen molar-refractivity contribution < 1.29 is 14.3 Å². The Morgan fingerprint density at radius 3 is 2.38 bits per heavy atom. The van der Waals surface area contributed by atoms with Crippen molar-refractivity contribution >= 4 is 17.4 Å². The molecule has 0 atom stereocenters. The van der Waals surface area contributed by atoms with Gasteiger partial charge in [-0.15, -0.1) is 0 Å². The topological polar surface area (TPSA) is 55.4 Å². The van der Waals surface area contributed by atoms with Crippen LogP contribution in [-0.4, -0.2) is 25.4 Å². The summed E-state index contributed by atoms with van der Waals surface area (Å²) in [6, 6.07) is 14.2. The Morgan fingerprint density at radius 1 is 1.05 bits per heavy atom. The Bertz CT molecular complexity index is 647. The maximum Gasteiger partial charge on any atom is 0.340 e. The summed E-state index contributed by atoms with van der Waals surface area (Å²) >= 11 is 0. The van der Waals surface area contributed by atoms with Gasteiger partial charge in [-0.2, -0.15) is 0 Å². The zero-order valence-electron chi connectivity index (χ0n) is 12.1. The second-order valence-corrected chi connectivity index (χ2v) is 4.66. The third kappa shape index (κ3) is 3.69. The lowest BCUT2D eigenvalue weighted by molar-refractivity contribution is 0.0475. The molecular weight excluding hydrogens is 266 g/mol. The van der Waals surface area contributed by atoms with E-state index in [1.165, 1.54) is 0 Å². The number of esters is 1. The molecule has 0 saturated carbocycles. The van der Waals surface area contributed by atoms with Gasteiger partial charge in [0, 0.05) is 18.3 Å². The minimum absolute atomic E-state index is 0.217. The largest absolute Gasteiger partial charge is 0.454 e. The molecule has 2 aromatic rings. The molecule has 108 valence electrons. The fourth-order valence-electron chi connectivity index (χ4n) is 1.91. The van der Waals surface area contributed by atoms with E-state index in [9.17, 15) is 9.59 Å². The predicted octanol–water partition coefficient (Wildman–Crippen LogP) is 3.08. The normalized spacial score (nSPS) is 10.0. The maximum atomic E-state index is 12.0. The number of benzene rings is 2. The lowest BCUT2D eigenvalue weighted by Crippen LogP contribution is -2.15. The van der Waals surface area contributed by atoms with Crippen LogP contribution in [0.15, 0.2) is 48.5 Å². The molecule has 2 rings (SSSR count). The van der Waals surface area contributed by atoms with Crippen LogP contribution < -0.4 is 5.32 Å². The van der Waals surface area contributed by atoms with Gasteiger partial charge in [0.25, 0.3) is 0 Å². The van der Waals surface area contributed by atoms with Crippen LogP contribution in [0, 0.1) is 6.92 Å². The number of anilines is 1. The van der Waals surface area contributed by atoms with E-state index in [0.29, 0.717) is 16.8 Å². The van der Waals surface area contributed by atoms with Crippen molar-refractivity contribution in [2.24, 2.45) is 0 Å². The molecule has 0 aromatic heterocycles. The van der Waals surface area contributed by atoms with Crippen LogP contribution in [0.1, 0.15) is 26.3 Å². The molecule has 0 saturated heterocycles. The van der Waals surface area contributed by atoms with Crippen molar-refractivity contribution in [2.45, 2.75) is 6.92 Å². The Kier molecular flexibility index (Phi) is 4.72. The van der Waals surface area contributed by atoms with Gasteiger partial charge >= 0.3 is 5.97 Å².